The fourth-order valence-corrected chi connectivity index (χ4v) is 4.17. The normalized spacial score (nSPS) is 25.2. The van der Waals surface area contributed by atoms with E-state index in [1.54, 1.807) is 0 Å². The summed E-state index contributed by atoms with van der Waals surface area (Å²) >= 11 is 0. The Labute approximate surface area is 157 Å². The summed E-state index contributed by atoms with van der Waals surface area (Å²) in [6.45, 7) is 5.88. The third-order valence-corrected chi connectivity index (χ3v) is 5.35. The molecule has 1 saturated heterocycles. The lowest BCUT2D eigenvalue weighted by atomic mass is 9.97. The molecule has 2 aliphatic rings. The highest BCUT2D eigenvalue weighted by Crippen LogP contribution is 2.28. The molecule has 144 valence electrons. The molecule has 2 unspecified atom stereocenters. The average molecular weight is 360 g/mol. The molecule has 26 heavy (non-hydrogen) atoms. The maximum atomic E-state index is 12.6. The Morgan fingerprint density at radius 1 is 1.00 bits per heavy atom. The van der Waals surface area contributed by atoms with Gasteiger partial charge in [-0.2, -0.15) is 0 Å². The van der Waals surface area contributed by atoms with E-state index in [-0.39, 0.29) is 18.2 Å². The fourth-order valence-electron chi connectivity index (χ4n) is 4.17. The summed E-state index contributed by atoms with van der Waals surface area (Å²) in [5, 5.41) is 6.28. The van der Waals surface area contributed by atoms with Gasteiger partial charge in [0, 0.05) is 19.1 Å². The predicted molar refractivity (Wildman–Crippen MR) is 107 cm³/mol. The Bertz CT molecular complexity index is 574. The highest BCUT2D eigenvalue weighted by molar-refractivity contribution is 5.93. The van der Waals surface area contributed by atoms with Crippen LogP contribution in [0, 0.1) is 0 Å². The van der Waals surface area contributed by atoms with Crippen LogP contribution in [0.15, 0.2) is 24.3 Å². The van der Waals surface area contributed by atoms with E-state index in [9.17, 15) is 4.79 Å². The molecule has 1 aliphatic heterocycles. The number of ether oxygens (including phenoxy) is 1. The standard InChI is InChI=1S/C21H33N3O2/c1-16-14-24(15-17(2)26-16)20-13-9-8-12-19(20)23-21(25)22-18-10-6-4-3-5-7-11-18/h8-9,12-13,16-18H,3-7,10-11,14-15H2,1-2H3,(H2,22,23,25). The van der Waals surface area contributed by atoms with Crippen LogP contribution >= 0.6 is 0 Å². The molecule has 3 rings (SSSR count). The number of para-hydroxylation sites is 2. The van der Waals surface area contributed by atoms with Crippen LogP contribution in [0.4, 0.5) is 16.2 Å². The van der Waals surface area contributed by atoms with Crippen LogP contribution in [-0.2, 0) is 4.74 Å². The molecule has 1 saturated carbocycles. The summed E-state index contributed by atoms with van der Waals surface area (Å²) in [5.41, 5.74) is 1.94. The molecule has 1 aromatic rings. The maximum absolute atomic E-state index is 12.6. The van der Waals surface area contributed by atoms with Gasteiger partial charge in [-0.1, -0.05) is 44.2 Å². The van der Waals surface area contributed by atoms with E-state index >= 15 is 0 Å². The highest BCUT2D eigenvalue weighted by atomic mass is 16.5. The second kappa shape index (κ2) is 9.26. The quantitative estimate of drug-likeness (QED) is 0.833. The van der Waals surface area contributed by atoms with Gasteiger partial charge in [-0.05, 0) is 38.8 Å². The van der Waals surface area contributed by atoms with E-state index < -0.39 is 0 Å². The summed E-state index contributed by atoms with van der Waals surface area (Å²) in [6.07, 6.45) is 8.90. The van der Waals surface area contributed by atoms with Crippen molar-refractivity contribution in [2.45, 2.75) is 77.0 Å². The molecule has 0 aromatic heterocycles. The minimum absolute atomic E-state index is 0.0858. The van der Waals surface area contributed by atoms with Gasteiger partial charge in [0.2, 0.25) is 0 Å². The topological polar surface area (TPSA) is 53.6 Å². The first kappa shape index (κ1) is 19.0. The number of anilines is 2. The second-order valence-corrected chi connectivity index (χ2v) is 7.82. The monoisotopic (exact) mass is 359 g/mol. The van der Waals surface area contributed by atoms with Gasteiger partial charge in [-0.25, -0.2) is 4.79 Å². The largest absolute Gasteiger partial charge is 0.372 e. The van der Waals surface area contributed by atoms with Crippen LogP contribution in [0.5, 0.6) is 0 Å². The van der Waals surface area contributed by atoms with Gasteiger partial charge >= 0.3 is 6.03 Å². The van der Waals surface area contributed by atoms with Crippen molar-refractivity contribution >= 4 is 17.4 Å². The van der Waals surface area contributed by atoms with Gasteiger partial charge < -0.3 is 20.3 Å². The lowest BCUT2D eigenvalue weighted by Crippen LogP contribution is -2.46. The SMILES string of the molecule is CC1CN(c2ccccc2NC(=O)NC2CCCCCCC2)CC(C)O1. The van der Waals surface area contributed by atoms with Crippen molar-refractivity contribution in [3.8, 4) is 0 Å². The minimum atomic E-state index is -0.0858. The number of nitrogens with zero attached hydrogens (tertiary/aromatic N) is 1. The average Bonchev–Trinajstić information content (AvgIpc) is 2.57. The number of amides is 2. The van der Waals surface area contributed by atoms with Crippen molar-refractivity contribution in [3.63, 3.8) is 0 Å². The molecular formula is C21H33N3O2. The second-order valence-electron chi connectivity index (χ2n) is 7.82. The zero-order valence-corrected chi connectivity index (χ0v) is 16.2. The van der Waals surface area contributed by atoms with E-state index in [1.165, 1.54) is 32.1 Å². The fraction of sp³-hybridized carbons (Fsp3) is 0.667. The van der Waals surface area contributed by atoms with Crippen LogP contribution in [0.3, 0.4) is 0 Å². The third kappa shape index (κ3) is 5.37. The lowest BCUT2D eigenvalue weighted by molar-refractivity contribution is -0.00517. The molecular weight excluding hydrogens is 326 g/mol. The zero-order valence-electron chi connectivity index (χ0n) is 16.2. The first-order valence-corrected chi connectivity index (χ1v) is 10.2. The maximum Gasteiger partial charge on any atom is 0.319 e. The van der Waals surface area contributed by atoms with E-state index in [4.69, 9.17) is 4.74 Å². The Kier molecular flexibility index (Phi) is 6.78. The van der Waals surface area contributed by atoms with E-state index in [1.807, 2.05) is 18.2 Å². The van der Waals surface area contributed by atoms with E-state index in [0.29, 0.717) is 6.04 Å². The van der Waals surface area contributed by atoms with Gasteiger partial charge in [0.15, 0.2) is 0 Å². The molecule has 0 bridgehead atoms. The zero-order chi connectivity index (χ0) is 18.4. The van der Waals surface area contributed by atoms with E-state index in [2.05, 4.69) is 35.4 Å². The Hall–Kier alpha value is -1.75. The van der Waals surface area contributed by atoms with Gasteiger partial charge in [0.05, 0.1) is 23.6 Å². The van der Waals surface area contributed by atoms with Crippen molar-refractivity contribution in [2.24, 2.45) is 0 Å². The molecule has 2 atom stereocenters. The first-order chi connectivity index (χ1) is 12.6. The Morgan fingerprint density at radius 3 is 2.31 bits per heavy atom. The lowest BCUT2D eigenvalue weighted by Gasteiger charge is -2.37. The summed E-state index contributed by atoms with van der Waals surface area (Å²) in [7, 11) is 0. The van der Waals surface area contributed by atoms with Crippen molar-refractivity contribution in [3.05, 3.63) is 24.3 Å². The van der Waals surface area contributed by atoms with Crippen molar-refractivity contribution < 1.29 is 9.53 Å². The number of rotatable bonds is 3. The number of benzene rings is 1. The number of carbonyl (C=O) groups excluding carboxylic acids is 1. The summed E-state index contributed by atoms with van der Waals surface area (Å²) in [6, 6.07) is 8.28. The molecule has 5 nitrogen and oxygen atoms in total. The van der Waals surface area contributed by atoms with E-state index in [0.717, 1.165) is 37.3 Å². The van der Waals surface area contributed by atoms with Crippen molar-refractivity contribution in [1.82, 2.24) is 5.32 Å². The number of hydrogen-bond donors (Lipinski definition) is 2. The Balaban J connectivity index is 1.63. The third-order valence-electron chi connectivity index (χ3n) is 5.35. The van der Waals surface area contributed by atoms with Gasteiger partial charge in [0.1, 0.15) is 0 Å². The summed E-state index contributed by atoms with van der Waals surface area (Å²) in [4.78, 5) is 14.9. The van der Waals surface area contributed by atoms with Crippen LogP contribution in [0.1, 0.15) is 58.8 Å². The molecule has 1 heterocycles. The van der Waals surface area contributed by atoms with Crippen LogP contribution in [0.25, 0.3) is 0 Å². The number of carbonyl (C=O) groups is 1. The molecule has 2 N–H and O–H groups in total. The van der Waals surface area contributed by atoms with Gasteiger partial charge in [0.25, 0.3) is 0 Å². The minimum Gasteiger partial charge on any atom is -0.372 e. The molecule has 0 radical (unpaired) electrons. The van der Waals surface area contributed by atoms with Crippen LogP contribution in [0.2, 0.25) is 0 Å². The molecule has 1 aromatic carbocycles. The number of urea groups is 1. The molecule has 1 aliphatic carbocycles. The molecule has 2 fully saturated rings. The van der Waals surface area contributed by atoms with Gasteiger partial charge in [-0.3, -0.25) is 0 Å². The van der Waals surface area contributed by atoms with Crippen LogP contribution < -0.4 is 15.5 Å². The number of nitrogens with one attached hydrogen (secondary N) is 2. The summed E-state index contributed by atoms with van der Waals surface area (Å²) in [5.74, 6) is 0. The molecule has 2 amide bonds. The number of morpholine rings is 1. The highest BCUT2D eigenvalue weighted by Gasteiger charge is 2.24. The molecule has 5 heteroatoms. The van der Waals surface area contributed by atoms with Crippen molar-refractivity contribution in [1.29, 1.82) is 0 Å². The van der Waals surface area contributed by atoms with Crippen LogP contribution in [-0.4, -0.2) is 37.4 Å². The number of hydrogen-bond acceptors (Lipinski definition) is 3. The summed E-state index contributed by atoms with van der Waals surface area (Å²) < 4.78 is 5.84. The molecule has 0 spiro atoms. The smallest absolute Gasteiger partial charge is 0.319 e. The Morgan fingerprint density at radius 2 is 1.62 bits per heavy atom. The van der Waals surface area contributed by atoms with Crippen molar-refractivity contribution in [2.75, 3.05) is 23.3 Å². The first-order valence-electron chi connectivity index (χ1n) is 10.2. The van der Waals surface area contributed by atoms with Gasteiger partial charge in [-0.15, -0.1) is 0 Å². The predicted octanol–water partition coefficient (Wildman–Crippen LogP) is 4.53.